The van der Waals surface area contributed by atoms with Crippen LogP contribution in [0.1, 0.15) is 11.1 Å². The van der Waals surface area contributed by atoms with E-state index < -0.39 is 0 Å². The van der Waals surface area contributed by atoms with Crippen LogP contribution in [0.3, 0.4) is 0 Å². The molecular weight excluding hydrogens is 174 g/mol. The summed E-state index contributed by atoms with van der Waals surface area (Å²) in [5.74, 6) is 1.86. The third kappa shape index (κ3) is 1.06. The van der Waals surface area contributed by atoms with Crippen molar-refractivity contribution in [3.05, 3.63) is 47.8 Å². The van der Waals surface area contributed by atoms with Gasteiger partial charge in [0.1, 0.15) is 11.6 Å². The first-order chi connectivity index (χ1) is 6.93. The second kappa shape index (κ2) is 2.80. The first-order valence-electron chi connectivity index (χ1n) is 4.58. The molecule has 0 saturated heterocycles. The standard InChI is InChI=1S/C11H9N3/c1-3-8-7-9-4-2-6-13-11(9)14-10(8)12-5-1/h1-6H,7H2,(H,12,13,14). The first-order valence-corrected chi connectivity index (χ1v) is 4.58. The second-order valence-electron chi connectivity index (χ2n) is 3.32. The first kappa shape index (κ1) is 7.50. The molecule has 1 aliphatic heterocycles. The fraction of sp³-hybridized carbons (Fsp3) is 0.0909. The van der Waals surface area contributed by atoms with Crippen molar-refractivity contribution < 1.29 is 0 Å². The van der Waals surface area contributed by atoms with Gasteiger partial charge in [0.15, 0.2) is 0 Å². The molecule has 2 aromatic heterocycles. The van der Waals surface area contributed by atoms with Gasteiger partial charge < -0.3 is 5.32 Å². The van der Waals surface area contributed by atoms with Crippen LogP contribution in [0.25, 0.3) is 0 Å². The topological polar surface area (TPSA) is 37.8 Å². The highest BCUT2D eigenvalue weighted by molar-refractivity contribution is 5.64. The fourth-order valence-electron chi connectivity index (χ4n) is 1.70. The zero-order chi connectivity index (χ0) is 9.38. The summed E-state index contributed by atoms with van der Waals surface area (Å²) < 4.78 is 0. The van der Waals surface area contributed by atoms with Crippen molar-refractivity contribution >= 4 is 11.6 Å². The summed E-state index contributed by atoms with van der Waals surface area (Å²) in [6.45, 7) is 0. The van der Waals surface area contributed by atoms with E-state index in [4.69, 9.17) is 0 Å². The lowest BCUT2D eigenvalue weighted by Crippen LogP contribution is -2.09. The molecule has 3 rings (SSSR count). The maximum atomic E-state index is 4.27. The van der Waals surface area contributed by atoms with Crippen molar-refractivity contribution in [1.29, 1.82) is 0 Å². The molecule has 0 aromatic carbocycles. The predicted molar refractivity (Wildman–Crippen MR) is 54.6 cm³/mol. The molecule has 2 aromatic rings. The molecular formula is C11H9N3. The summed E-state index contributed by atoms with van der Waals surface area (Å²) >= 11 is 0. The van der Waals surface area contributed by atoms with Gasteiger partial charge in [-0.2, -0.15) is 0 Å². The smallest absolute Gasteiger partial charge is 0.135 e. The third-order valence-electron chi connectivity index (χ3n) is 2.40. The zero-order valence-electron chi connectivity index (χ0n) is 7.57. The summed E-state index contributed by atoms with van der Waals surface area (Å²) in [6, 6.07) is 8.10. The van der Waals surface area contributed by atoms with Crippen LogP contribution in [0.15, 0.2) is 36.7 Å². The van der Waals surface area contributed by atoms with E-state index in [1.165, 1.54) is 11.1 Å². The molecule has 0 amide bonds. The van der Waals surface area contributed by atoms with Gasteiger partial charge in [-0.05, 0) is 23.3 Å². The maximum absolute atomic E-state index is 4.27. The van der Waals surface area contributed by atoms with E-state index in [2.05, 4.69) is 27.4 Å². The number of anilines is 2. The van der Waals surface area contributed by atoms with Crippen LogP contribution in [-0.2, 0) is 6.42 Å². The number of rotatable bonds is 0. The van der Waals surface area contributed by atoms with E-state index in [0.29, 0.717) is 0 Å². The van der Waals surface area contributed by atoms with Crippen LogP contribution in [0.2, 0.25) is 0 Å². The molecule has 0 atom stereocenters. The number of hydrogen-bond donors (Lipinski definition) is 1. The number of hydrogen-bond acceptors (Lipinski definition) is 3. The lowest BCUT2D eigenvalue weighted by atomic mass is 10.0. The largest absolute Gasteiger partial charge is 0.324 e. The van der Waals surface area contributed by atoms with Crippen LogP contribution in [0.5, 0.6) is 0 Å². The number of aromatic nitrogens is 2. The van der Waals surface area contributed by atoms with Crippen molar-refractivity contribution in [2.24, 2.45) is 0 Å². The van der Waals surface area contributed by atoms with Crippen LogP contribution in [0, 0.1) is 0 Å². The Morgan fingerprint density at radius 3 is 2.07 bits per heavy atom. The molecule has 3 nitrogen and oxygen atoms in total. The summed E-state index contributed by atoms with van der Waals surface area (Å²) in [5.41, 5.74) is 2.46. The van der Waals surface area contributed by atoms with Crippen molar-refractivity contribution in [1.82, 2.24) is 9.97 Å². The highest BCUT2D eigenvalue weighted by atomic mass is 15.1. The van der Waals surface area contributed by atoms with Gasteiger partial charge in [0.2, 0.25) is 0 Å². The minimum absolute atomic E-state index is 0.916. The molecule has 0 bridgehead atoms. The number of fused-ring (bicyclic) bond motifs is 2. The van der Waals surface area contributed by atoms with E-state index in [9.17, 15) is 0 Å². The van der Waals surface area contributed by atoms with Gasteiger partial charge in [-0.15, -0.1) is 0 Å². The Morgan fingerprint density at radius 2 is 1.50 bits per heavy atom. The normalized spacial score (nSPS) is 12.6. The van der Waals surface area contributed by atoms with Gasteiger partial charge in [-0.3, -0.25) is 0 Å². The third-order valence-corrected chi connectivity index (χ3v) is 2.40. The number of nitrogens with zero attached hydrogens (tertiary/aromatic N) is 2. The quantitative estimate of drug-likeness (QED) is 0.580. The van der Waals surface area contributed by atoms with Crippen LogP contribution in [-0.4, -0.2) is 9.97 Å². The molecule has 0 radical (unpaired) electrons. The van der Waals surface area contributed by atoms with E-state index in [-0.39, 0.29) is 0 Å². The predicted octanol–water partition coefficient (Wildman–Crippen LogP) is 2.12. The van der Waals surface area contributed by atoms with Crippen LogP contribution in [0.4, 0.5) is 11.6 Å². The molecule has 0 unspecified atom stereocenters. The Hall–Kier alpha value is -1.90. The van der Waals surface area contributed by atoms with Gasteiger partial charge in [0.25, 0.3) is 0 Å². The molecule has 14 heavy (non-hydrogen) atoms. The Morgan fingerprint density at radius 1 is 0.929 bits per heavy atom. The monoisotopic (exact) mass is 183 g/mol. The summed E-state index contributed by atoms with van der Waals surface area (Å²) in [7, 11) is 0. The van der Waals surface area contributed by atoms with Gasteiger partial charge in [-0.25, -0.2) is 9.97 Å². The molecule has 3 heteroatoms. The average Bonchev–Trinajstić information content (AvgIpc) is 2.26. The zero-order valence-corrected chi connectivity index (χ0v) is 7.57. The summed E-state index contributed by atoms with van der Waals surface area (Å²) in [6.07, 6.45) is 4.50. The fourth-order valence-corrected chi connectivity index (χ4v) is 1.70. The van der Waals surface area contributed by atoms with E-state index >= 15 is 0 Å². The summed E-state index contributed by atoms with van der Waals surface area (Å²) in [4.78, 5) is 8.53. The maximum Gasteiger partial charge on any atom is 0.135 e. The van der Waals surface area contributed by atoms with Gasteiger partial charge >= 0.3 is 0 Å². The van der Waals surface area contributed by atoms with Crippen LogP contribution < -0.4 is 5.32 Å². The minimum Gasteiger partial charge on any atom is -0.324 e. The van der Waals surface area contributed by atoms with Crippen molar-refractivity contribution in [2.75, 3.05) is 5.32 Å². The molecule has 1 aliphatic rings. The molecule has 1 N–H and O–H groups in total. The van der Waals surface area contributed by atoms with Gasteiger partial charge in [0, 0.05) is 18.8 Å². The Balaban J connectivity index is 2.12. The molecule has 0 aliphatic carbocycles. The lowest BCUT2D eigenvalue weighted by molar-refractivity contribution is 1.07. The number of nitrogens with one attached hydrogen (secondary N) is 1. The van der Waals surface area contributed by atoms with Gasteiger partial charge in [-0.1, -0.05) is 12.1 Å². The summed E-state index contributed by atoms with van der Waals surface area (Å²) in [5, 5.41) is 3.22. The molecule has 0 fully saturated rings. The average molecular weight is 183 g/mol. The van der Waals surface area contributed by atoms with Gasteiger partial charge in [0.05, 0.1) is 0 Å². The second-order valence-corrected chi connectivity index (χ2v) is 3.32. The van der Waals surface area contributed by atoms with Crippen molar-refractivity contribution in [3.8, 4) is 0 Å². The highest BCUT2D eigenvalue weighted by Crippen LogP contribution is 2.28. The van der Waals surface area contributed by atoms with Crippen molar-refractivity contribution in [2.45, 2.75) is 6.42 Å². The Labute approximate surface area is 81.8 Å². The lowest BCUT2D eigenvalue weighted by Gasteiger charge is -2.18. The van der Waals surface area contributed by atoms with E-state index in [1.54, 1.807) is 12.4 Å². The van der Waals surface area contributed by atoms with E-state index in [0.717, 1.165) is 18.1 Å². The van der Waals surface area contributed by atoms with Crippen molar-refractivity contribution in [3.63, 3.8) is 0 Å². The minimum atomic E-state index is 0.916. The van der Waals surface area contributed by atoms with E-state index in [1.807, 2.05) is 12.1 Å². The Kier molecular flexibility index (Phi) is 1.50. The molecule has 3 heterocycles. The molecule has 0 saturated carbocycles. The highest BCUT2D eigenvalue weighted by Gasteiger charge is 2.14. The molecule has 0 spiro atoms. The van der Waals surface area contributed by atoms with Crippen LogP contribution >= 0.6 is 0 Å². The SMILES string of the molecule is c1cnc2c(c1)Cc1cccnc1N2. The number of pyridine rings is 2. The molecule has 68 valence electrons. The Bertz CT molecular complexity index is 392.